The molecule has 0 fully saturated rings. The number of hydrogen-bond acceptors (Lipinski definition) is 3. The van der Waals surface area contributed by atoms with Crippen molar-refractivity contribution in [3.63, 3.8) is 0 Å². The number of rotatable bonds is 7. The number of aryl methyl sites for hydroxylation is 1. The molecule has 114 valence electrons. The summed E-state index contributed by atoms with van der Waals surface area (Å²) >= 11 is 7.90. The minimum atomic E-state index is 0.295. The molecule has 0 radical (unpaired) electrons. The Balaban J connectivity index is 2.26. The molecule has 1 atom stereocenters. The summed E-state index contributed by atoms with van der Waals surface area (Å²) in [7, 11) is 1.71. The highest BCUT2D eigenvalue weighted by molar-refractivity contribution is 7.08. The summed E-state index contributed by atoms with van der Waals surface area (Å²) in [5.74, 6) is 0.899. The highest BCUT2D eigenvalue weighted by Gasteiger charge is 2.17. The summed E-state index contributed by atoms with van der Waals surface area (Å²) in [5.41, 5.74) is 3.86. The summed E-state index contributed by atoms with van der Waals surface area (Å²) in [6, 6.07) is 6.11. The molecule has 1 aromatic carbocycles. The van der Waals surface area contributed by atoms with Gasteiger partial charge in [0.05, 0.1) is 7.11 Å². The molecule has 2 rings (SSSR count). The largest absolute Gasteiger partial charge is 0.496 e. The first-order chi connectivity index (χ1) is 10.2. The molecule has 0 aliphatic carbocycles. The third kappa shape index (κ3) is 4.22. The molecule has 1 unspecified atom stereocenters. The Labute approximate surface area is 136 Å². The summed E-state index contributed by atoms with van der Waals surface area (Å²) in [5, 5.41) is 8.83. The number of ether oxygens (including phenoxy) is 1. The van der Waals surface area contributed by atoms with Crippen LogP contribution in [0.4, 0.5) is 0 Å². The lowest BCUT2D eigenvalue weighted by Gasteiger charge is -2.20. The van der Waals surface area contributed by atoms with Gasteiger partial charge in [-0.1, -0.05) is 18.5 Å². The van der Waals surface area contributed by atoms with E-state index in [1.165, 1.54) is 11.1 Å². The zero-order chi connectivity index (χ0) is 15.2. The van der Waals surface area contributed by atoms with Gasteiger partial charge in [0, 0.05) is 11.1 Å². The van der Waals surface area contributed by atoms with Crippen LogP contribution in [0.25, 0.3) is 0 Å². The van der Waals surface area contributed by atoms with E-state index < -0.39 is 0 Å². The maximum absolute atomic E-state index is 6.14. The van der Waals surface area contributed by atoms with Crippen molar-refractivity contribution in [2.45, 2.75) is 32.7 Å². The average Bonchev–Trinajstić information content (AvgIpc) is 2.90. The van der Waals surface area contributed by atoms with E-state index >= 15 is 0 Å². The van der Waals surface area contributed by atoms with Crippen molar-refractivity contribution < 1.29 is 4.74 Å². The molecule has 21 heavy (non-hydrogen) atoms. The highest BCUT2D eigenvalue weighted by atomic mass is 35.5. The first-order valence-corrected chi connectivity index (χ1v) is 8.56. The number of methoxy groups -OCH3 is 1. The fourth-order valence-electron chi connectivity index (χ4n) is 2.46. The van der Waals surface area contributed by atoms with Crippen molar-refractivity contribution >= 4 is 22.9 Å². The molecule has 1 aromatic heterocycles. The van der Waals surface area contributed by atoms with Crippen LogP contribution in [0.15, 0.2) is 29.0 Å². The van der Waals surface area contributed by atoms with Gasteiger partial charge in [0.25, 0.3) is 0 Å². The normalized spacial score (nSPS) is 12.4. The fourth-order valence-corrected chi connectivity index (χ4v) is 3.56. The topological polar surface area (TPSA) is 21.3 Å². The van der Waals surface area contributed by atoms with Gasteiger partial charge in [0.2, 0.25) is 0 Å². The van der Waals surface area contributed by atoms with E-state index in [0.29, 0.717) is 6.04 Å². The molecule has 0 bridgehead atoms. The second kappa shape index (κ2) is 7.83. The predicted molar refractivity (Wildman–Crippen MR) is 91.8 cm³/mol. The van der Waals surface area contributed by atoms with Crippen LogP contribution in [0.3, 0.4) is 0 Å². The smallest absolute Gasteiger partial charge is 0.122 e. The van der Waals surface area contributed by atoms with Gasteiger partial charge in [-0.05, 0) is 72.0 Å². The molecule has 4 heteroatoms. The minimum absolute atomic E-state index is 0.295. The molecule has 0 saturated carbocycles. The Morgan fingerprint density at radius 3 is 2.76 bits per heavy atom. The van der Waals surface area contributed by atoms with Gasteiger partial charge in [-0.2, -0.15) is 11.3 Å². The molecule has 1 N–H and O–H groups in total. The second-order valence-electron chi connectivity index (χ2n) is 5.18. The zero-order valence-corrected chi connectivity index (χ0v) is 14.4. The molecule has 2 aromatic rings. The van der Waals surface area contributed by atoms with Gasteiger partial charge >= 0.3 is 0 Å². The zero-order valence-electron chi connectivity index (χ0n) is 12.8. The van der Waals surface area contributed by atoms with E-state index in [1.54, 1.807) is 18.4 Å². The van der Waals surface area contributed by atoms with Crippen molar-refractivity contribution in [2.24, 2.45) is 0 Å². The van der Waals surface area contributed by atoms with Crippen molar-refractivity contribution in [3.8, 4) is 5.75 Å². The Morgan fingerprint density at radius 2 is 2.14 bits per heavy atom. The summed E-state index contributed by atoms with van der Waals surface area (Å²) in [6.07, 6.45) is 1.99. The van der Waals surface area contributed by atoms with E-state index in [9.17, 15) is 0 Å². The third-order valence-electron chi connectivity index (χ3n) is 3.58. The van der Waals surface area contributed by atoms with Crippen molar-refractivity contribution in [1.29, 1.82) is 0 Å². The quantitative estimate of drug-likeness (QED) is 0.774. The van der Waals surface area contributed by atoms with Crippen LogP contribution in [0, 0.1) is 6.92 Å². The lowest BCUT2D eigenvalue weighted by Crippen LogP contribution is -2.24. The van der Waals surface area contributed by atoms with E-state index in [-0.39, 0.29) is 0 Å². The predicted octanol–water partition coefficient (Wildman–Crippen LogP) is 5.00. The summed E-state index contributed by atoms with van der Waals surface area (Å²) in [4.78, 5) is 0. The first-order valence-electron chi connectivity index (χ1n) is 7.24. The summed E-state index contributed by atoms with van der Waals surface area (Å²) in [6.45, 7) is 5.36. The third-order valence-corrected chi connectivity index (χ3v) is 4.69. The number of hydrogen-bond donors (Lipinski definition) is 1. The number of thiophene rings is 1. The lowest BCUT2D eigenvalue weighted by molar-refractivity contribution is 0.405. The highest BCUT2D eigenvalue weighted by Crippen LogP contribution is 2.30. The number of halogens is 1. The second-order valence-corrected chi connectivity index (χ2v) is 6.36. The van der Waals surface area contributed by atoms with Crippen LogP contribution in [-0.4, -0.2) is 13.7 Å². The van der Waals surface area contributed by atoms with Gasteiger partial charge in [-0.3, -0.25) is 0 Å². The monoisotopic (exact) mass is 323 g/mol. The molecular weight excluding hydrogens is 302 g/mol. The van der Waals surface area contributed by atoms with Crippen LogP contribution < -0.4 is 10.1 Å². The van der Waals surface area contributed by atoms with Crippen LogP contribution in [0.1, 0.15) is 36.1 Å². The van der Waals surface area contributed by atoms with Crippen LogP contribution in [-0.2, 0) is 6.42 Å². The maximum Gasteiger partial charge on any atom is 0.122 e. The first kappa shape index (κ1) is 16.3. The average molecular weight is 324 g/mol. The number of benzene rings is 1. The molecule has 0 spiro atoms. The SMILES string of the molecule is CCCNC(Cc1cc(Cl)ccc1OC)c1cscc1C. The Bertz CT molecular complexity index is 582. The molecule has 0 aliphatic heterocycles. The van der Waals surface area contributed by atoms with E-state index in [2.05, 4.69) is 29.9 Å². The van der Waals surface area contributed by atoms with Gasteiger partial charge in [0.15, 0.2) is 0 Å². The minimum Gasteiger partial charge on any atom is -0.496 e. The van der Waals surface area contributed by atoms with Crippen molar-refractivity contribution in [2.75, 3.05) is 13.7 Å². The Kier molecular flexibility index (Phi) is 6.09. The van der Waals surface area contributed by atoms with E-state index in [1.807, 2.05) is 18.2 Å². The van der Waals surface area contributed by atoms with Crippen LogP contribution >= 0.6 is 22.9 Å². The summed E-state index contributed by atoms with van der Waals surface area (Å²) < 4.78 is 5.47. The van der Waals surface area contributed by atoms with Crippen LogP contribution in [0.5, 0.6) is 5.75 Å². The van der Waals surface area contributed by atoms with E-state index in [4.69, 9.17) is 16.3 Å². The standard InChI is InChI=1S/C17H22ClNOS/c1-4-7-19-16(15-11-21-10-12(15)2)9-13-8-14(18)5-6-17(13)20-3/h5-6,8,10-11,16,19H,4,7,9H2,1-3H3. The van der Waals surface area contributed by atoms with Crippen molar-refractivity contribution in [1.82, 2.24) is 5.32 Å². The van der Waals surface area contributed by atoms with Crippen LogP contribution in [0.2, 0.25) is 5.02 Å². The molecule has 1 heterocycles. The molecule has 0 saturated heterocycles. The van der Waals surface area contributed by atoms with Gasteiger partial charge in [0.1, 0.15) is 5.75 Å². The molecule has 0 amide bonds. The van der Waals surface area contributed by atoms with Gasteiger partial charge in [-0.25, -0.2) is 0 Å². The molecular formula is C17H22ClNOS. The fraction of sp³-hybridized carbons (Fsp3) is 0.412. The molecule has 0 aliphatic rings. The molecule has 2 nitrogen and oxygen atoms in total. The van der Waals surface area contributed by atoms with Crippen molar-refractivity contribution in [3.05, 3.63) is 50.7 Å². The lowest BCUT2D eigenvalue weighted by atomic mass is 9.98. The Morgan fingerprint density at radius 1 is 1.33 bits per heavy atom. The Hall–Kier alpha value is -1.03. The maximum atomic E-state index is 6.14. The van der Waals surface area contributed by atoms with Gasteiger partial charge in [-0.15, -0.1) is 0 Å². The number of nitrogens with one attached hydrogen (secondary N) is 1. The van der Waals surface area contributed by atoms with Gasteiger partial charge < -0.3 is 10.1 Å². The van der Waals surface area contributed by atoms with E-state index in [0.717, 1.165) is 35.7 Å².